The van der Waals surface area contributed by atoms with E-state index in [2.05, 4.69) is 9.80 Å². The molecule has 3 rings (SSSR count). The van der Waals surface area contributed by atoms with Crippen LogP contribution in [0.2, 0.25) is 5.02 Å². The average molecular weight is 365 g/mol. The summed E-state index contributed by atoms with van der Waals surface area (Å²) >= 11 is 6.07. The van der Waals surface area contributed by atoms with Crippen molar-refractivity contribution in [3.8, 4) is 0 Å². The summed E-state index contributed by atoms with van der Waals surface area (Å²) in [6, 6.07) is 7.95. The SMILES string of the molecule is O=C(Cc1cccc(Cl)c1)N(CCN1CCCCC1)C1CCOCC1. The number of carbonyl (C=O) groups is 1. The molecule has 5 heteroatoms. The Labute approximate surface area is 156 Å². The lowest BCUT2D eigenvalue weighted by atomic mass is 10.0. The fraction of sp³-hybridized carbons (Fsp3) is 0.650. The van der Waals surface area contributed by atoms with Crippen LogP contribution in [0.25, 0.3) is 0 Å². The lowest BCUT2D eigenvalue weighted by Gasteiger charge is -2.36. The summed E-state index contributed by atoms with van der Waals surface area (Å²) in [5.41, 5.74) is 0.993. The zero-order chi connectivity index (χ0) is 17.5. The monoisotopic (exact) mass is 364 g/mol. The van der Waals surface area contributed by atoms with Crippen molar-refractivity contribution < 1.29 is 9.53 Å². The molecule has 1 aromatic carbocycles. The van der Waals surface area contributed by atoms with E-state index in [1.54, 1.807) is 0 Å². The predicted octanol–water partition coefficient (Wildman–Crippen LogP) is 3.38. The fourth-order valence-corrected chi connectivity index (χ4v) is 4.08. The van der Waals surface area contributed by atoms with Crippen molar-refractivity contribution in [2.24, 2.45) is 0 Å². The highest BCUT2D eigenvalue weighted by Crippen LogP contribution is 2.18. The Morgan fingerprint density at radius 1 is 1.20 bits per heavy atom. The molecule has 0 aliphatic carbocycles. The molecule has 1 aromatic rings. The Bertz CT molecular complexity index is 554. The second kappa shape index (κ2) is 9.56. The molecule has 0 saturated carbocycles. The highest BCUT2D eigenvalue weighted by molar-refractivity contribution is 6.30. The number of halogens is 1. The zero-order valence-corrected chi connectivity index (χ0v) is 15.7. The molecule has 0 atom stereocenters. The number of hydrogen-bond donors (Lipinski definition) is 0. The third-order valence-corrected chi connectivity index (χ3v) is 5.54. The molecule has 0 aromatic heterocycles. The van der Waals surface area contributed by atoms with E-state index in [-0.39, 0.29) is 5.91 Å². The minimum atomic E-state index is 0.214. The number of ether oxygens (including phenoxy) is 1. The van der Waals surface area contributed by atoms with Gasteiger partial charge < -0.3 is 14.5 Å². The normalized spacial score (nSPS) is 19.7. The topological polar surface area (TPSA) is 32.8 Å². The van der Waals surface area contributed by atoms with Crippen LogP contribution >= 0.6 is 11.6 Å². The molecule has 0 unspecified atom stereocenters. The Balaban J connectivity index is 1.62. The molecule has 2 fully saturated rings. The first kappa shape index (κ1) is 18.7. The molecule has 0 radical (unpaired) electrons. The van der Waals surface area contributed by atoms with Crippen molar-refractivity contribution >= 4 is 17.5 Å². The third-order valence-electron chi connectivity index (χ3n) is 5.30. The molecule has 1 amide bonds. The summed E-state index contributed by atoms with van der Waals surface area (Å²) in [7, 11) is 0. The van der Waals surface area contributed by atoms with Crippen LogP contribution in [-0.2, 0) is 16.0 Å². The Morgan fingerprint density at radius 3 is 2.68 bits per heavy atom. The summed E-state index contributed by atoms with van der Waals surface area (Å²) < 4.78 is 5.49. The van der Waals surface area contributed by atoms with Gasteiger partial charge >= 0.3 is 0 Å². The number of nitrogens with zero attached hydrogens (tertiary/aromatic N) is 2. The van der Waals surface area contributed by atoms with Gasteiger partial charge in [0.05, 0.1) is 6.42 Å². The third kappa shape index (κ3) is 5.70. The van der Waals surface area contributed by atoms with Crippen molar-refractivity contribution in [3.05, 3.63) is 34.9 Å². The van der Waals surface area contributed by atoms with Gasteiger partial charge in [0.2, 0.25) is 5.91 Å². The minimum absolute atomic E-state index is 0.214. The highest BCUT2D eigenvalue weighted by Gasteiger charge is 2.26. The van der Waals surface area contributed by atoms with Gasteiger partial charge in [-0.2, -0.15) is 0 Å². The van der Waals surface area contributed by atoms with Crippen molar-refractivity contribution in [2.45, 2.75) is 44.6 Å². The van der Waals surface area contributed by atoms with Crippen LogP contribution in [-0.4, -0.2) is 61.1 Å². The molecular formula is C20H29ClN2O2. The van der Waals surface area contributed by atoms with Crippen LogP contribution in [0.1, 0.15) is 37.7 Å². The second-order valence-corrected chi connectivity index (χ2v) is 7.58. The second-order valence-electron chi connectivity index (χ2n) is 7.14. The number of carbonyl (C=O) groups excluding carboxylic acids is 1. The smallest absolute Gasteiger partial charge is 0.227 e. The molecule has 2 saturated heterocycles. The zero-order valence-electron chi connectivity index (χ0n) is 15.0. The van der Waals surface area contributed by atoms with E-state index in [1.807, 2.05) is 24.3 Å². The lowest BCUT2D eigenvalue weighted by Crippen LogP contribution is -2.48. The number of benzene rings is 1. The van der Waals surface area contributed by atoms with Crippen LogP contribution in [0.5, 0.6) is 0 Å². The lowest BCUT2D eigenvalue weighted by molar-refractivity contribution is -0.135. The molecule has 0 spiro atoms. The molecule has 2 aliphatic heterocycles. The summed E-state index contributed by atoms with van der Waals surface area (Å²) in [5.74, 6) is 0.214. The van der Waals surface area contributed by atoms with Gasteiger partial charge in [0.15, 0.2) is 0 Å². The maximum atomic E-state index is 13.0. The molecular weight excluding hydrogens is 336 g/mol. The Kier molecular flexibility index (Phi) is 7.14. The highest BCUT2D eigenvalue weighted by atomic mass is 35.5. The molecule has 0 N–H and O–H groups in total. The number of amides is 1. The summed E-state index contributed by atoms with van der Waals surface area (Å²) in [5, 5.41) is 0.691. The first-order valence-corrected chi connectivity index (χ1v) is 9.94. The average Bonchev–Trinajstić information content (AvgIpc) is 2.64. The van der Waals surface area contributed by atoms with Crippen molar-refractivity contribution in [1.82, 2.24) is 9.80 Å². The van der Waals surface area contributed by atoms with Gasteiger partial charge in [0.1, 0.15) is 0 Å². The van der Waals surface area contributed by atoms with Gasteiger partial charge in [-0.25, -0.2) is 0 Å². The van der Waals surface area contributed by atoms with Crippen LogP contribution in [0.4, 0.5) is 0 Å². The molecule has 138 valence electrons. The number of rotatable bonds is 6. The molecule has 25 heavy (non-hydrogen) atoms. The van der Waals surface area contributed by atoms with E-state index in [0.717, 1.165) is 44.7 Å². The van der Waals surface area contributed by atoms with Crippen LogP contribution in [0.15, 0.2) is 24.3 Å². The van der Waals surface area contributed by atoms with Crippen molar-refractivity contribution in [2.75, 3.05) is 39.4 Å². The summed E-state index contributed by atoms with van der Waals surface area (Å²) in [4.78, 5) is 17.6. The van der Waals surface area contributed by atoms with Crippen LogP contribution < -0.4 is 0 Å². The van der Waals surface area contributed by atoms with Crippen molar-refractivity contribution in [3.63, 3.8) is 0 Å². The maximum absolute atomic E-state index is 13.0. The van der Waals surface area contributed by atoms with E-state index >= 15 is 0 Å². The van der Waals surface area contributed by atoms with Gasteiger partial charge in [-0.15, -0.1) is 0 Å². The molecule has 2 aliphatic rings. The Morgan fingerprint density at radius 2 is 1.96 bits per heavy atom. The van der Waals surface area contributed by atoms with Gasteiger partial charge in [-0.1, -0.05) is 30.2 Å². The standard InChI is InChI=1S/C20H29ClN2O2/c21-18-6-4-5-17(15-18)16-20(24)23(19-7-13-25-14-8-19)12-11-22-9-2-1-3-10-22/h4-6,15,19H,1-3,7-14,16H2. The number of piperidine rings is 1. The maximum Gasteiger partial charge on any atom is 0.227 e. The van der Waals surface area contributed by atoms with E-state index in [4.69, 9.17) is 16.3 Å². The van der Waals surface area contributed by atoms with Gasteiger partial charge in [0, 0.05) is 37.4 Å². The van der Waals surface area contributed by atoms with E-state index in [9.17, 15) is 4.79 Å². The van der Waals surface area contributed by atoms with Crippen LogP contribution in [0, 0.1) is 0 Å². The minimum Gasteiger partial charge on any atom is -0.381 e. The first-order valence-electron chi connectivity index (χ1n) is 9.56. The van der Waals surface area contributed by atoms with E-state index in [1.165, 1.54) is 32.4 Å². The molecule has 0 bridgehead atoms. The van der Waals surface area contributed by atoms with Gasteiger partial charge in [-0.05, 0) is 56.5 Å². The molecule has 2 heterocycles. The largest absolute Gasteiger partial charge is 0.381 e. The van der Waals surface area contributed by atoms with E-state index in [0.29, 0.717) is 17.5 Å². The summed E-state index contributed by atoms with van der Waals surface area (Å²) in [6.07, 6.45) is 6.23. The number of hydrogen-bond acceptors (Lipinski definition) is 3. The summed E-state index contributed by atoms with van der Waals surface area (Å²) in [6.45, 7) is 5.67. The van der Waals surface area contributed by atoms with Crippen molar-refractivity contribution in [1.29, 1.82) is 0 Å². The van der Waals surface area contributed by atoms with E-state index < -0.39 is 0 Å². The predicted molar refractivity (Wildman–Crippen MR) is 101 cm³/mol. The van der Waals surface area contributed by atoms with Gasteiger partial charge in [-0.3, -0.25) is 4.79 Å². The number of likely N-dealkylation sites (tertiary alicyclic amines) is 1. The van der Waals surface area contributed by atoms with Crippen LogP contribution in [0.3, 0.4) is 0 Å². The Hall–Kier alpha value is -1.10. The first-order chi connectivity index (χ1) is 12.2. The fourth-order valence-electron chi connectivity index (χ4n) is 3.86. The van der Waals surface area contributed by atoms with Gasteiger partial charge in [0.25, 0.3) is 0 Å². The molecule has 4 nitrogen and oxygen atoms in total. The quantitative estimate of drug-likeness (QED) is 0.775.